The van der Waals surface area contributed by atoms with Crippen LogP contribution in [0.15, 0.2) is 60.2 Å². The first kappa shape index (κ1) is 13.9. The second kappa shape index (κ2) is 6.16. The number of hydrazone groups is 1. The first-order valence-corrected chi connectivity index (χ1v) is 7.73. The summed E-state index contributed by atoms with van der Waals surface area (Å²) in [7, 11) is 0. The largest absolute Gasteiger partial charge is 0.371 e. The molecule has 2 aromatic carbocycles. The van der Waals surface area contributed by atoms with Gasteiger partial charge in [0.15, 0.2) is 0 Å². The van der Waals surface area contributed by atoms with Gasteiger partial charge in [0.25, 0.3) is 0 Å². The lowest BCUT2D eigenvalue weighted by atomic mass is 9.99. The fraction of sp³-hybridized carbons (Fsp3) is 0.118. The molecule has 4 heteroatoms. The third kappa shape index (κ3) is 3.01. The molecule has 0 saturated carbocycles. The lowest BCUT2D eigenvalue weighted by Gasteiger charge is -2.19. The van der Waals surface area contributed by atoms with Crippen LogP contribution in [0.3, 0.4) is 0 Å². The minimum atomic E-state index is -0.575. The molecule has 3 nitrogen and oxygen atoms in total. The summed E-state index contributed by atoms with van der Waals surface area (Å²) in [6, 6.07) is 16.5. The number of nitrogens with zero attached hydrogens (tertiary/aromatic N) is 1. The number of aliphatic hydroxyl groups is 1. The lowest BCUT2D eigenvalue weighted by Crippen LogP contribution is -2.32. The van der Waals surface area contributed by atoms with Gasteiger partial charge in [0, 0.05) is 11.3 Å². The maximum atomic E-state index is 9.43. The number of hydrogen-bond acceptors (Lipinski definition) is 4. The normalized spacial score (nSPS) is 17.8. The Balaban J connectivity index is 1.99. The van der Waals surface area contributed by atoms with Crippen molar-refractivity contribution in [2.24, 2.45) is 5.10 Å². The van der Waals surface area contributed by atoms with Crippen LogP contribution in [0, 0.1) is 0 Å². The first-order valence-electron chi connectivity index (χ1n) is 6.74. The van der Waals surface area contributed by atoms with E-state index in [1.165, 1.54) is 5.56 Å². The Hall–Kier alpha value is -2.04. The molecular formula is C17H16N2OS. The van der Waals surface area contributed by atoms with E-state index in [2.05, 4.69) is 47.4 Å². The van der Waals surface area contributed by atoms with E-state index in [1.807, 2.05) is 24.3 Å². The molecule has 1 aliphatic rings. The van der Waals surface area contributed by atoms with Crippen LogP contribution in [-0.2, 0) is 0 Å². The SMILES string of the molecule is C=Cc1cc(-c2ccccc2)ccc1C1=NNC(O)CS1. The third-order valence-corrected chi connectivity index (χ3v) is 4.37. The minimum Gasteiger partial charge on any atom is -0.371 e. The van der Waals surface area contributed by atoms with Gasteiger partial charge >= 0.3 is 0 Å². The van der Waals surface area contributed by atoms with Gasteiger partial charge in [-0.1, -0.05) is 66.9 Å². The predicted octanol–water partition coefficient (Wildman–Crippen LogP) is 3.31. The number of benzene rings is 2. The molecule has 0 aromatic heterocycles. The van der Waals surface area contributed by atoms with Crippen molar-refractivity contribution in [1.82, 2.24) is 5.43 Å². The van der Waals surface area contributed by atoms with Crippen molar-refractivity contribution in [3.63, 3.8) is 0 Å². The Labute approximate surface area is 128 Å². The minimum absolute atomic E-state index is 0.575. The number of hydrogen-bond donors (Lipinski definition) is 2. The van der Waals surface area contributed by atoms with Gasteiger partial charge in [-0.05, 0) is 22.8 Å². The summed E-state index contributed by atoms with van der Waals surface area (Å²) < 4.78 is 0. The standard InChI is InChI=1S/C17H16N2OS/c1-2-12-10-14(13-6-4-3-5-7-13)8-9-15(12)17-19-18-16(20)11-21-17/h2-10,16,18,20H,1,11H2. The molecule has 1 atom stereocenters. The fourth-order valence-corrected chi connectivity index (χ4v) is 3.08. The van der Waals surface area contributed by atoms with Crippen molar-refractivity contribution in [2.45, 2.75) is 6.23 Å². The topological polar surface area (TPSA) is 44.6 Å². The summed E-state index contributed by atoms with van der Waals surface area (Å²) in [5.41, 5.74) is 7.13. The van der Waals surface area contributed by atoms with Crippen molar-refractivity contribution in [2.75, 3.05) is 5.75 Å². The van der Waals surface area contributed by atoms with Gasteiger partial charge in [0.2, 0.25) is 0 Å². The Bertz CT molecular complexity index is 682. The monoisotopic (exact) mass is 296 g/mol. The zero-order chi connectivity index (χ0) is 14.7. The van der Waals surface area contributed by atoms with Crippen molar-refractivity contribution in [3.05, 3.63) is 66.2 Å². The van der Waals surface area contributed by atoms with Gasteiger partial charge in [-0.2, -0.15) is 5.10 Å². The molecule has 21 heavy (non-hydrogen) atoms. The Morgan fingerprint density at radius 1 is 1.19 bits per heavy atom. The summed E-state index contributed by atoms with van der Waals surface area (Å²) in [6.07, 6.45) is 1.27. The predicted molar refractivity (Wildman–Crippen MR) is 90.1 cm³/mol. The van der Waals surface area contributed by atoms with Gasteiger partial charge in [-0.15, -0.1) is 0 Å². The molecule has 2 N–H and O–H groups in total. The molecular weight excluding hydrogens is 280 g/mol. The number of rotatable bonds is 3. The van der Waals surface area contributed by atoms with Crippen LogP contribution in [0.4, 0.5) is 0 Å². The molecule has 106 valence electrons. The average molecular weight is 296 g/mol. The van der Waals surface area contributed by atoms with Crippen LogP contribution in [0.25, 0.3) is 17.2 Å². The molecule has 0 spiro atoms. The van der Waals surface area contributed by atoms with E-state index in [4.69, 9.17) is 0 Å². The molecule has 1 unspecified atom stereocenters. The van der Waals surface area contributed by atoms with Gasteiger partial charge in [0.05, 0.1) is 0 Å². The maximum absolute atomic E-state index is 9.43. The highest BCUT2D eigenvalue weighted by atomic mass is 32.2. The summed E-state index contributed by atoms with van der Waals surface area (Å²) in [5, 5.41) is 14.5. The number of thioether (sulfide) groups is 1. The third-order valence-electron chi connectivity index (χ3n) is 3.30. The van der Waals surface area contributed by atoms with Gasteiger partial charge in [-0.3, -0.25) is 5.43 Å². The van der Waals surface area contributed by atoms with Crippen molar-refractivity contribution < 1.29 is 5.11 Å². The zero-order valence-electron chi connectivity index (χ0n) is 11.5. The maximum Gasteiger partial charge on any atom is 0.149 e. The lowest BCUT2D eigenvalue weighted by molar-refractivity contribution is 0.162. The van der Waals surface area contributed by atoms with Crippen molar-refractivity contribution in [3.8, 4) is 11.1 Å². The van der Waals surface area contributed by atoms with E-state index >= 15 is 0 Å². The van der Waals surface area contributed by atoms with Gasteiger partial charge in [-0.25, -0.2) is 0 Å². The van der Waals surface area contributed by atoms with E-state index in [0.717, 1.165) is 21.7 Å². The van der Waals surface area contributed by atoms with Crippen LogP contribution in [0.2, 0.25) is 0 Å². The average Bonchev–Trinajstić information content (AvgIpc) is 2.56. The highest BCUT2D eigenvalue weighted by molar-refractivity contribution is 8.14. The molecule has 0 amide bonds. The zero-order valence-corrected chi connectivity index (χ0v) is 12.3. The summed E-state index contributed by atoms with van der Waals surface area (Å²) in [5.74, 6) is 0.593. The van der Waals surface area contributed by atoms with E-state index in [9.17, 15) is 5.11 Å². The Morgan fingerprint density at radius 2 is 2.00 bits per heavy atom. The van der Waals surface area contributed by atoms with Crippen molar-refractivity contribution in [1.29, 1.82) is 0 Å². The molecule has 0 saturated heterocycles. The van der Waals surface area contributed by atoms with E-state index in [-0.39, 0.29) is 0 Å². The molecule has 2 aromatic rings. The molecule has 0 aliphatic carbocycles. The second-order valence-corrected chi connectivity index (χ2v) is 5.75. The highest BCUT2D eigenvalue weighted by Gasteiger charge is 2.16. The number of nitrogens with one attached hydrogen (secondary N) is 1. The van der Waals surface area contributed by atoms with Crippen LogP contribution >= 0.6 is 11.8 Å². The van der Waals surface area contributed by atoms with Gasteiger partial charge in [0.1, 0.15) is 11.3 Å². The van der Waals surface area contributed by atoms with Gasteiger partial charge < -0.3 is 5.11 Å². The van der Waals surface area contributed by atoms with Crippen LogP contribution in [0.1, 0.15) is 11.1 Å². The van der Waals surface area contributed by atoms with Crippen LogP contribution < -0.4 is 5.43 Å². The van der Waals surface area contributed by atoms with Crippen LogP contribution in [0.5, 0.6) is 0 Å². The van der Waals surface area contributed by atoms with E-state index < -0.39 is 6.23 Å². The summed E-state index contributed by atoms with van der Waals surface area (Å²) in [6.45, 7) is 3.90. The van der Waals surface area contributed by atoms with Crippen LogP contribution in [-0.4, -0.2) is 22.1 Å². The highest BCUT2D eigenvalue weighted by Crippen LogP contribution is 2.27. The molecule has 1 aliphatic heterocycles. The number of aliphatic hydroxyl groups excluding tert-OH is 1. The summed E-state index contributed by atoms with van der Waals surface area (Å²) >= 11 is 1.55. The molecule has 0 radical (unpaired) electrons. The molecule has 0 bridgehead atoms. The Kier molecular flexibility index (Phi) is 4.08. The summed E-state index contributed by atoms with van der Waals surface area (Å²) in [4.78, 5) is 0. The molecule has 1 heterocycles. The first-order chi connectivity index (χ1) is 10.3. The second-order valence-electron chi connectivity index (χ2n) is 4.75. The molecule has 0 fully saturated rings. The Morgan fingerprint density at radius 3 is 2.67 bits per heavy atom. The van der Waals surface area contributed by atoms with E-state index in [0.29, 0.717) is 5.75 Å². The quantitative estimate of drug-likeness (QED) is 0.913. The smallest absolute Gasteiger partial charge is 0.149 e. The van der Waals surface area contributed by atoms with Crippen molar-refractivity contribution >= 4 is 22.9 Å². The van der Waals surface area contributed by atoms with E-state index in [1.54, 1.807) is 11.8 Å². The fourth-order valence-electron chi connectivity index (χ4n) is 2.24. The molecule has 3 rings (SSSR count).